The van der Waals surface area contributed by atoms with Crippen molar-refractivity contribution in [2.45, 2.75) is 32.0 Å². The van der Waals surface area contributed by atoms with Gasteiger partial charge in [0, 0.05) is 11.6 Å². The summed E-state index contributed by atoms with van der Waals surface area (Å²) in [7, 11) is 0. The first-order valence-corrected chi connectivity index (χ1v) is 6.80. The van der Waals surface area contributed by atoms with Gasteiger partial charge in [0.05, 0.1) is 6.10 Å². The molecule has 5 heteroatoms. The van der Waals surface area contributed by atoms with Crippen molar-refractivity contribution in [2.24, 2.45) is 5.92 Å². The smallest absolute Gasteiger partial charge is 0.260 e. The van der Waals surface area contributed by atoms with E-state index >= 15 is 0 Å². The van der Waals surface area contributed by atoms with Crippen LogP contribution in [-0.2, 0) is 4.79 Å². The number of amides is 1. The molecule has 2 N–H and O–H groups in total. The summed E-state index contributed by atoms with van der Waals surface area (Å²) >= 11 is 5.77. The summed E-state index contributed by atoms with van der Waals surface area (Å²) in [6, 6.07) is 6.90. The average Bonchev–Trinajstić information content (AvgIpc) is 2.35. The van der Waals surface area contributed by atoms with Crippen LogP contribution in [0, 0.1) is 5.92 Å². The highest BCUT2D eigenvalue weighted by atomic mass is 35.5. The Morgan fingerprint density at radius 1 is 1.47 bits per heavy atom. The summed E-state index contributed by atoms with van der Waals surface area (Å²) < 4.78 is 5.52. The van der Waals surface area contributed by atoms with E-state index in [1.165, 1.54) is 0 Å². The topological polar surface area (TPSA) is 58.6 Å². The van der Waals surface area contributed by atoms with E-state index in [1.807, 2.05) is 0 Å². The molecule has 19 heavy (non-hydrogen) atoms. The Morgan fingerprint density at radius 3 is 2.68 bits per heavy atom. The van der Waals surface area contributed by atoms with Gasteiger partial charge in [0.2, 0.25) is 0 Å². The summed E-state index contributed by atoms with van der Waals surface area (Å²) in [4.78, 5) is 11.8. The molecule has 0 bridgehead atoms. The third-order valence-corrected chi connectivity index (χ3v) is 3.52. The monoisotopic (exact) mass is 283 g/mol. The number of aliphatic hydroxyl groups excluding tert-OH is 1. The van der Waals surface area contributed by atoms with Crippen molar-refractivity contribution in [1.29, 1.82) is 0 Å². The average molecular weight is 284 g/mol. The van der Waals surface area contributed by atoms with Crippen LogP contribution in [0.25, 0.3) is 0 Å². The fourth-order valence-corrected chi connectivity index (χ4v) is 2.15. The first-order valence-electron chi connectivity index (χ1n) is 6.42. The van der Waals surface area contributed by atoms with Gasteiger partial charge in [-0.15, -0.1) is 0 Å². The SMILES string of the molecule is CC(Oc1ccc(Cl)cc1)C(=O)NCC1CC(O)C1. The second-order valence-electron chi connectivity index (χ2n) is 4.95. The van der Waals surface area contributed by atoms with Gasteiger partial charge in [0.25, 0.3) is 5.91 Å². The standard InChI is InChI=1S/C14H18ClNO3/c1-9(19-13-4-2-11(15)3-5-13)14(18)16-8-10-6-12(17)7-10/h2-5,9-10,12,17H,6-8H2,1H3,(H,16,18). The minimum absolute atomic E-state index is 0.142. The Bertz CT molecular complexity index is 429. The van der Waals surface area contributed by atoms with Crippen molar-refractivity contribution in [3.63, 3.8) is 0 Å². The third-order valence-electron chi connectivity index (χ3n) is 3.27. The minimum Gasteiger partial charge on any atom is -0.481 e. The highest BCUT2D eigenvalue weighted by Gasteiger charge is 2.27. The van der Waals surface area contributed by atoms with E-state index in [-0.39, 0.29) is 12.0 Å². The van der Waals surface area contributed by atoms with Crippen molar-refractivity contribution in [2.75, 3.05) is 6.54 Å². The lowest BCUT2D eigenvalue weighted by molar-refractivity contribution is -0.127. The van der Waals surface area contributed by atoms with E-state index < -0.39 is 6.10 Å². The molecular formula is C14H18ClNO3. The Morgan fingerprint density at radius 2 is 2.11 bits per heavy atom. The van der Waals surface area contributed by atoms with Crippen molar-refractivity contribution < 1.29 is 14.6 Å². The fraction of sp³-hybridized carbons (Fsp3) is 0.500. The lowest BCUT2D eigenvalue weighted by atomic mass is 9.82. The maximum absolute atomic E-state index is 11.8. The molecule has 1 fully saturated rings. The zero-order valence-corrected chi connectivity index (χ0v) is 11.6. The van der Waals surface area contributed by atoms with Crippen LogP contribution in [0.1, 0.15) is 19.8 Å². The van der Waals surface area contributed by atoms with E-state index in [0.717, 1.165) is 12.8 Å². The number of rotatable bonds is 5. The number of hydrogen-bond acceptors (Lipinski definition) is 3. The Labute approximate surface area is 117 Å². The van der Waals surface area contributed by atoms with Gasteiger partial charge in [0.1, 0.15) is 5.75 Å². The molecular weight excluding hydrogens is 266 g/mol. The van der Waals surface area contributed by atoms with Crippen LogP contribution in [0.5, 0.6) is 5.75 Å². The van der Waals surface area contributed by atoms with Crippen LogP contribution in [0.3, 0.4) is 0 Å². The molecule has 1 saturated carbocycles. The maximum Gasteiger partial charge on any atom is 0.260 e. The predicted molar refractivity (Wildman–Crippen MR) is 73.3 cm³/mol. The summed E-state index contributed by atoms with van der Waals surface area (Å²) in [6.07, 6.45) is 0.801. The molecule has 0 heterocycles. The van der Waals surface area contributed by atoms with Crippen LogP contribution in [0.4, 0.5) is 0 Å². The quantitative estimate of drug-likeness (QED) is 0.869. The second kappa shape index (κ2) is 6.26. The number of ether oxygens (including phenoxy) is 1. The maximum atomic E-state index is 11.8. The Hall–Kier alpha value is -1.26. The van der Waals surface area contributed by atoms with Crippen molar-refractivity contribution >= 4 is 17.5 Å². The normalized spacial score (nSPS) is 23.3. The van der Waals surface area contributed by atoms with Gasteiger partial charge in [-0.2, -0.15) is 0 Å². The van der Waals surface area contributed by atoms with E-state index in [1.54, 1.807) is 31.2 Å². The highest BCUT2D eigenvalue weighted by molar-refractivity contribution is 6.30. The molecule has 1 aromatic carbocycles. The summed E-state index contributed by atoms with van der Waals surface area (Å²) in [6.45, 7) is 2.31. The summed E-state index contributed by atoms with van der Waals surface area (Å²) in [5.41, 5.74) is 0. The largest absolute Gasteiger partial charge is 0.481 e. The van der Waals surface area contributed by atoms with Crippen LogP contribution < -0.4 is 10.1 Å². The minimum atomic E-state index is -0.550. The van der Waals surface area contributed by atoms with Gasteiger partial charge in [-0.1, -0.05) is 11.6 Å². The molecule has 1 aliphatic carbocycles. The molecule has 0 aromatic heterocycles. The molecule has 2 rings (SSSR count). The van der Waals surface area contributed by atoms with Gasteiger partial charge in [-0.25, -0.2) is 0 Å². The fourth-order valence-electron chi connectivity index (χ4n) is 2.03. The number of hydrogen-bond donors (Lipinski definition) is 2. The zero-order chi connectivity index (χ0) is 13.8. The zero-order valence-electron chi connectivity index (χ0n) is 10.8. The molecule has 0 aliphatic heterocycles. The lowest BCUT2D eigenvalue weighted by Crippen LogP contribution is -2.42. The first kappa shape index (κ1) is 14.2. The predicted octanol–water partition coefficient (Wildman–Crippen LogP) is 1.99. The van der Waals surface area contributed by atoms with Crippen molar-refractivity contribution in [1.82, 2.24) is 5.32 Å². The van der Waals surface area contributed by atoms with Gasteiger partial charge in [-0.05, 0) is 49.9 Å². The van der Waals surface area contributed by atoms with E-state index in [2.05, 4.69) is 5.32 Å². The van der Waals surface area contributed by atoms with E-state index in [0.29, 0.717) is 23.2 Å². The number of benzene rings is 1. The number of aliphatic hydroxyl groups is 1. The highest BCUT2D eigenvalue weighted by Crippen LogP contribution is 2.26. The summed E-state index contributed by atoms with van der Waals surface area (Å²) in [5.74, 6) is 0.865. The third kappa shape index (κ3) is 4.11. The molecule has 1 aromatic rings. The number of carbonyl (C=O) groups excluding carboxylic acids is 1. The van der Waals surface area contributed by atoms with Crippen LogP contribution in [0.2, 0.25) is 5.02 Å². The summed E-state index contributed by atoms with van der Waals surface area (Å²) in [5, 5.41) is 12.6. The van der Waals surface area contributed by atoms with E-state index in [4.69, 9.17) is 21.4 Å². The number of nitrogens with one attached hydrogen (secondary N) is 1. The van der Waals surface area contributed by atoms with Gasteiger partial charge >= 0.3 is 0 Å². The number of halogens is 1. The number of carbonyl (C=O) groups is 1. The molecule has 0 saturated heterocycles. The lowest BCUT2D eigenvalue weighted by Gasteiger charge is -2.31. The van der Waals surface area contributed by atoms with Crippen molar-refractivity contribution in [3.8, 4) is 5.75 Å². The molecule has 4 nitrogen and oxygen atoms in total. The van der Waals surface area contributed by atoms with Crippen LogP contribution in [0.15, 0.2) is 24.3 Å². The van der Waals surface area contributed by atoms with E-state index in [9.17, 15) is 4.79 Å². The van der Waals surface area contributed by atoms with Crippen LogP contribution >= 0.6 is 11.6 Å². The molecule has 1 unspecified atom stereocenters. The molecule has 104 valence electrons. The molecule has 1 atom stereocenters. The molecule has 1 aliphatic rings. The van der Waals surface area contributed by atoms with Crippen LogP contribution in [-0.4, -0.2) is 29.8 Å². The van der Waals surface area contributed by atoms with Crippen molar-refractivity contribution in [3.05, 3.63) is 29.3 Å². The first-order chi connectivity index (χ1) is 9.04. The molecule has 0 radical (unpaired) electrons. The Balaban J connectivity index is 1.74. The Kier molecular flexibility index (Phi) is 4.66. The molecule has 1 amide bonds. The van der Waals surface area contributed by atoms with Gasteiger partial charge in [0.15, 0.2) is 6.10 Å². The molecule has 0 spiro atoms. The van der Waals surface area contributed by atoms with Gasteiger partial charge < -0.3 is 15.2 Å². The second-order valence-corrected chi connectivity index (χ2v) is 5.39. The van der Waals surface area contributed by atoms with Gasteiger partial charge in [-0.3, -0.25) is 4.79 Å².